The fraction of sp³-hybridized carbons (Fsp3) is 0.533. The molecule has 1 nitrogen and oxygen atoms in total. The Hall–Kier alpha value is -0.700. The second kappa shape index (κ2) is 5.96. The van der Waals surface area contributed by atoms with Crippen molar-refractivity contribution in [1.29, 1.82) is 0 Å². The number of ketones is 1. The van der Waals surface area contributed by atoms with Crippen LogP contribution in [0.1, 0.15) is 38.2 Å². The lowest BCUT2D eigenvalue weighted by Crippen LogP contribution is -2.15. The minimum Gasteiger partial charge on any atom is -0.299 e. The molecule has 98 valence electrons. The Morgan fingerprint density at radius 2 is 2.22 bits per heavy atom. The molecule has 0 aromatic heterocycles. The summed E-state index contributed by atoms with van der Waals surface area (Å²) in [6.45, 7) is 2.17. The highest BCUT2D eigenvalue weighted by Gasteiger charge is 2.28. The molecule has 3 heteroatoms. The average Bonchev–Trinajstić information content (AvgIpc) is 2.81. The summed E-state index contributed by atoms with van der Waals surface area (Å²) in [7, 11) is 0. The van der Waals surface area contributed by atoms with Crippen LogP contribution in [0.25, 0.3) is 0 Å². The molecule has 0 spiro atoms. The van der Waals surface area contributed by atoms with Gasteiger partial charge in [-0.2, -0.15) is 0 Å². The highest BCUT2D eigenvalue weighted by molar-refractivity contribution is 9.10. The zero-order chi connectivity index (χ0) is 13.1. The van der Waals surface area contributed by atoms with Crippen molar-refractivity contribution >= 4 is 21.7 Å². The van der Waals surface area contributed by atoms with Crippen LogP contribution in [0, 0.1) is 17.7 Å². The van der Waals surface area contributed by atoms with Gasteiger partial charge in [-0.05, 0) is 42.9 Å². The molecule has 2 unspecified atom stereocenters. The van der Waals surface area contributed by atoms with Crippen LogP contribution < -0.4 is 0 Å². The lowest BCUT2D eigenvalue weighted by molar-refractivity contribution is -0.122. The van der Waals surface area contributed by atoms with Crippen LogP contribution in [0.2, 0.25) is 0 Å². The van der Waals surface area contributed by atoms with Crippen molar-refractivity contribution in [3.05, 3.63) is 34.1 Å². The maximum absolute atomic E-state index is 13.7. The molecule has 0 saturated heterocycles. The van der Waals surface area contributed by atoms with Gasteiger partial charge in [-0.3, -0.25) is 4.79 Å². The standard InChI is InChI=1S/C15H18BrFO/c1-2-10-3-4-12(7-10)15(18)8-11-5-6-13(16)9-14(11)17/h5-6,9-10,12H,2-4,7-8H2,1H3. The summed E-state index contributed by atoms with van der Waals surface area (Å²) >= 11 is 3.22. The summed E-state index contributed by atoms with van der Waals surface area (Å²) in [5.41, 5.74) is 0.517. The first-order valence-corrected chi connectivity index (χ1v) is 7.36. The van der Waals surface area contributed by atoms with Gasteiger partial charge in [0.25, 0.3) is 0 Å². The van der Waals surface area contributed by atoms with Gasteiger partial charge in [0.05, 0.1) is 0 Å². The van der Waals surface area contributed by atoms with Crippen molar-refractivity contribution in [1.82, 2.24) is 0 Å². The molecular weight excluding hydrogens is 295 g/mol. The zero-order valence-corrected chi connectivity index (χ0v) is 12.2. The van der Waals surface area contributed by atoms with Crippen molar-refractivity contribution in [2.75, 3.05) is 0 Å². The van der Waals surface area contributed by atoms with Crippen molar-refractivity contribution in [3.8, 4) is 0 Å². The van der Waals surface area contributed by atoms with Gasteiger partial charge in [0, 0.05) is 16.8 Å². The summed E-state index contributed by atoms with van der Waals surface area (Å²) < 4.78 is 14.4. The van der Waals surface area contributed by atoms with E-state index < -0.39 is 0 Å². The fourth-order valence-corrected chi connectivity index (χ4v) is 3.07. The van der Waals surface area contributed by atoms with Crippen LogP contribution in [0.15, 0.2) is 22.7 Å². The predicted octanol–water partition coefficient (Wildman–Crippen LogP) is 4.53. The Morgan fingerprint density at radius 3 is 2.83 bits per heavy atom. The minimum absolute atomic E-state index is 0.151. The summed E-state index contributed by atoms with van der Waals surface area (Å²) in [5.74, 6) is 0.752. The van der Waals surface area contributed by atoms with E-state index in [4.69, 9.17) is 0 Å². The van der Waals surface area contributed by atoms with Crippen molar-refractivity contribution < 1.29 is 9.18 Å². The normalized spacial score (nSPS) is 23.3. The number of rotatable bonds is 4. The van der Waals surface area contributed by atoms with Gasteiger partial charge in [0.1, 0.15) is 11.6 Å². The van der Waals surface area contributed by atoms with E-state index in [0.29, 0.717) is 16.0 Å². The predicted molar refractivity (Wildman–Crippen MR) is 73.9 cm³/mol. The number of Topliss-reactive ketones (excluding diaryl/α,β-unsaturated/α-hetero) is 1. The first-order valence-electron chi connectivity index (χ1n) is 6.56. The lowest BCUT2D eigenvalue weighted by Gasteiger charge is -2.10. The van der Waals surface area contributed by atoms with Gasteiger partial charge in [-0.25, -0.2) is 4.39 Å². The summed E-state index contributed by atoms with van der Waals surface area (Å²) in [6.07, 6.45) is 4.51. The third kappa shape index (κ3) is 3.19. The first-order chi connectivity index (χ1) is 8.60. The molecular formula is C15H18BrFO. The van der Waals surface area contributed by atoms with E-state index in [1.807, 2.05) is 0 Å². The van der Waals surface area contributed by atoms with Crippen LogP contribution in [0.4, 0.5) is 4.39 Å². The van der Waals surface area contributed by atoms with E-state index in [9.17, 15) is 9.18 Å². The zero-order valence-electron chi connectivity index (χ0n) is 10.6. The third-order valence-corrected chi connectivity index (χ3v) is 4.45. The summed E-state index contributed by atoms with van der Waals surface area (Å²) in [4.78, 5) is 12.1. The minimum atomic E-state index is -0.289. The van der Waals surface area contributed by atoms with E-state index >= 15 is 0 Å². The number of halogens is 2. The maximum atomic E-state index is 13.7. The molecule has 0 aliphatic heterocycles. The first kappa shape index (κ1) is 13.7. The van der Waals surface area contributed by atoms with Crippen molar-refractivity contribution in [3.63, 3.8) is 0 Å². The van der Waals surface area contributed by atoms with Gasteiger partial charge in [-0.15, -0.1) is 0 Å². The van der Waals surface area contributed by atoms with Crippen LogP contribution in [-0.2, 0) is 11.2 Å². The summed E-state index contributed by atoms with van der Waals surface area (Å²) in [5, 5.41) is 0. The van der Waals surface area contributed by atoms with E-state index in [-0.39, 0.29) is 23.9 Å². The Kier molecular flexibility index (Phi) is 4.55. The van der Waals surface area contributed by atoms with E-state index in [1.54, 1.807) is 12.1 Å². The molecule has 1 saturated carbocycles. The second-order valence-corrected chi connectivity index (χ2v) is 6.08. The summed E-state index contributed by atoms with van der Waals surface area (Å²) in [6, 6.07) is 4.91. The molecule has 1 fully saturated rings. The molecule has 2 rings (SSSR count). The van der Waals surface area contributed by atoms with E-state index in [0.717, 1.165) is 25.7 Å². The molecule has 0 amide bonds. The molecule has 0 N–H and O–H groups in total. The highest BCUT2D eigenvalue weighted by atomic mass is 79.9. The molecule has 18 heavy (non-hydrogen) atoms. The molecule has 1 aliphatic rings. The molecule has 0 bridgehead atoms. The van der Waals surface area contributed by atoms with E-state index in [1.165, 1.54) is 6.07 Å². The monoisotopic (exact) mass is 312 g/mol. The molecule has 0 heterocycles. The van der Waals surface area contributed by atoms with Gasteiger partial charge in [-0.1, -0.05) is 35.3 Å². The maximum Gasteiger partial charge on any atom is 0.140 e. The van der Waals surface area contributed by atoms with Crippen molar-refractivity contribution in [2.45, 2.75) is 39.0 Å². The van der Waals surface area contributed by atoms with Gasteiger partial charge in [0.2, 0.25) is 0 Å². The number of hydrogen-bond donors (Lipinski definition) is 0. The fourth-order valence-electron chi connectivity index (χ4n) is 2.74. The van der Waals surface area contributed by atoms with Crippen molar-refractivity contribution in [2.24, 2.45) is 11.8 Å². The van der Waals surface area contributed by atoms with Crippen LogP contribution in [0.3, 0.4) is 0 Å². The highest BCUT2D eigenvalue weighted by Crippen LogP contribution is 2.34. The average molecular weight is 313 g/mol. The Morgan fingerprint density at radius 1 is 1.44 bits per heavy atom. The molecule has 1 aromatic carbocycles. The molecule has 1 aromatic rings. The number of carbonyl (C=O) groups is 1. The van der Waals surface area contributed by atoms with E-state index in [2.05, 4.69) is 22.9 Å². The van der Waals surface area contributed by atoms with Crippen LogP contribution in [-0.4, -0.2) is 5.78 Å². The Balaban J connectivity index is 1.99. The third-order valence-electron chi connectivity index (χ3n) is 3.95. The lowest BCUT2D eigenvalue weighted by atomic mass is 9.95. The van der Waals surface area contributed by atoms with Gasteiger partial charge >= 0.3 is 0 Å². The quantitative estimate of drug-likeness (QED) is 0.798. The molecule has 1 aliphatic carbocycles. The van der Waals surface area contributed by atoms with Gasteiger partial charge < -0.3 is 0 Å². The Labute approximate surface area is 116 Å². The second-order valence-electron chi connectivity index (χ2n) is 5.16. The largest absolute Gasteiger partial charge is 0.299 e. The number of benzene rings is 1. The van der Waals surface area contributed by atoms with Crippen LogP contribution >= 0.6 is 15.9 Å². The van der Waals surface area contributed by atoms with Crippen LogP contribution in [0.5, 0.6) is 0 Å². The number of carbonyl (C=O) groups excluding carboxylic acids is 1. The molecule has 2 atom stereocenters. The smallest absolute Gasteiger partial charge is 0.140 e. The van der Waals surface area contributed by atoms with Gasteiger partial charge in [0.15, 0.2) is 0 Å². The molecule has 0 radical (unpaired) electrons. The number of hydrogen-bond acceptors (Lipinski definition) is 1. The topological polar surface area (TPSA) is 17.1 Å². The Bertz CT molecular complexity index is 444. The SMILES string of the molecule is CCC1CCC(C(=O)Cc2ccc(Br)cc2F)C1.